The van der Waals surface area contributed by atoms with Crippen LogP contribution >= 0.6 is 15.9 Å². The third-order valence-corrected chi connectivity index (χ3v) is 3.96. The highest BCUT2D eigenvalue weighted by molar-refractivity contribution is 9.10. The van der Waals surface area contributed by atoms with Crippen LogP contribution in [0, 0.1) is 6.92 Å². The number of aromatic nitrogens is 1. The molecule has 0 radical (unpaired) electrons. The first-order chi connectivity index (χ1) is 10.6. The van der Waals surface area contributed by atoms with E-state index in [1.165, 1.54) is 6.20 Å². The monoisotopic (exact) mass is 356 g/mol. The van der Waals surface area contributed by atoms with Crippen molar-refractivity contribution in [3.05, 3.63) is 74.5 Å². The van der Waals surface area contributed by atoms with Crippen molar-refractivity contribution in [2.75, 3.05) is 5.32 Å². The molecule has 5 heteroatoms. The minimum absolute atomic E-state index is 0.0982. The van der Waals surface area contributed by atoms with E-state index in [1.54, 1.807) is 24.3 Å². The molecule has 110 valence electrons. The molecule has 1 heterocycles. The lowest BCUT2D eigenvalue weighted by molar-refractivity contribution is 0.102. The summed E-state index contributed by atoms with van der Waals surface area (Å²) in [6, 6.07) is 12.7. The fraction of sp³-hybridized carbons (Fsp3) is 0.0588. The number of hydrogen-bond acceptors (Lipinski definition) is 2. The summed E-state index contributed by atoms with van der Waals surface area (Å²) < 4.78 is 0.937. The highest BCUT2D eigenvalue weighted by atomic mass is 79.9. The van der Waals surface area contributed by atoms with E-state index in [-0.39, 0.29) is 11.0 Å². The number of aryl methyl sites for hydroxylation is 1. The van der Waals surface area contributed by atoms with Gasteiger partial charge in [-0.25, -0.2) is 0 Å². The van der Waals surface area contributed by atoms with Gasteiger partial charge in [0, 0.05) is 27.3 Å². The number of rotatable bonds is 2. The van der Waals surface area contributed by atoms with Gasteiger partial charge in [0.25, 0.3) is 5.91 Å². The van der Waals surface area contributed by atoms with Gasteiger partial charge in [-0.3, -0.25) is 9.59 Å². The molecule has 22 heavy (non-hydrogen) atoms. The van der Waals surface area contributed by atoms with Crippen LogP contribution < -0.4 is 10.7 Å². The number of aromatic amines is 1. The van der Waals surface area contributed by atoms with Crippen molar-refractivity contribution >= 4 is 38.4 Å². The van der Waals surface area contributed by atoms with E-state index in [1.807, 2.05) is 25.1 Å². The Balaban J connectivity index is 1.99. The molecule has 3 rings (SSSR count). The molecule has 2 N–H and O–H groups in total. The van der Waals surface area contributed by atoms with E-state index in [9.17, 15) is 9.59 Å². The molecule has 0 atom stereocenters. The lowest BCUT2D eigenvalue weighted by Gasteiger charge is -2.09. The van der Waals surface area contributed by atoms with Crippen LogP contribution in [-0.4, -0.2) is 10.9 Å². The van der Waals surface area contributed by atoms with Gasteiger partial charge in [0.1, 0.15) is 5.56 Å². The molecule has 4 nitrogen and oxygen atoms in total. The van der Waals surface area contributed by atoms with Gasteiger partial charge < -0.3 is 10.3 Å². The van der Waals surface area contributed by atoms with Crippen LogP contribution in [0.15, 0.2) is 57.9 Å². The Bertz CT molecular complexity index is 931. The first kappa shape index (κ1) is 14.5. The summed E-state index contributed by atoms with van der Waals surface area (Å²) in [6.45, 7) is 1.89. The highest BCUT2D eigenvalue weighted by Crippen LogP contribution is 2.20. The molecule has 0 spiro atoms. The van der Waals surface area contributed by atoms with E-state index in [0.29, 0.717) is 16.6 Å². The Morgan fingerprint density at radius 3 is 2.73 bits per heavy atom. The van der Waals surface area contributed by atoms with Gasteiger partial charge in [-0.05, 0) is 42.8 Å². The molecule has 0 unspecified atom stereocenters. The molecule has 0 aliphatic heterocycles. The number of halogens is 1. The van der Waals surface area contributed by atoms with Crippen molar-refractivity contribution in [3.8, 4) is 0 Å². The number of amides is 1. The Morgan fingerprint density at radius 1 is 1.18 bits per heavy atom. The molecular formula is C17H13BrN2O2. The average Bonchev–Trinajstić information content (AvgIpc) is 2.50. The lowest BCUT2D eigenvalue weighted by atomic mass is 10.1. The summed E-state index contributed by atoms with van der Waals surface area (Å²) in [5.74, 6) is -0.419. The molecule has 0 saturated carbocycles. The maximum atomic E-state index is 12.4. The molecule has 0 aliphatic carbocycles. The number of para-hydroxylation sites is 1. The number of benzene rings is 2. The van der Waals surface area contributed by atoms with Gasteiger partial charge in [0.2, 0.25) is 5.43 Å². The van der Waals surface area contributed by atoms with Crippen molar-refractivity contribution in [2.45, 2.75) is 6.92 Å². The van der Waals surface area contributed by atoms with Gasteiger partial charge in [0.15, 0.2) is 0 Å². The van der Waals surface area contributed by atoms with Crippen molar-refractivity contribution in [1.82, 2.24) is 4.98 Å². The fourth-order valence-electron chi connectivity index (χ4n) is 2.29. The summed E-state index contributed by atoms with van der Waals surface area (Å²) in [7, 11) is 0. The van der Waals surface area contributed by atoms with Crippen molar-refractivity contribution in [2.24, 2.45) is 0 Å². The maximum Gasteiger partial charge on any atom is 0.261 e. The summed E-state index contributed by atoms with van der Waals surface area (Å²) in [5.41, 5.74) is 2.13. The van der Waals surface area contributed by atoms with E-state index in [0.717, 1.165) is 10.0 Å². The number of nitrogens with one attached hydrogen (secondary N) is 2. The van der Waals surface area contributed by atoms with Gasteiger partial charge in [0.05, 0.1) is 0 Å². The first-order valence-electron chi connectivity index (χ1n) is 6.74. The van der Waals surface area contributed by atoms with E-state index < -0.39 is 5.91 Å². The minimum atomic E-state index is -0.419. The van der Waals surface area contributed by atoms with Crippen LogP contribution in [0.2, 0.25) is 0 Å². The van der Waals surface area contributed by atoms with Crippen molar-refractivity contribution < 1.29 is 4.79 Å². The van der Waals surface area contributed by atoms with Crippen molar-refractivity contribution in [3.63, 3.8) is 0 Å². The normalized spacial score (nSPS) is 10.6. The van der Waals surface area contributed by atoms with Crippen LogP contribution in [-0.2, 0) is 0 Å². The molecule has 0 aliphatic rings. The molecule has 0 saturated heterocycles. The molecule has 0 fully saturated rings. The van der Waals surface area contributed by atoms with Crippen LogP contribution in [0.5, 0.6) is 0 Å². The average molecular weight is 357 g/mol. The zero-order valence-corrected chi connectivity index (χ0v) is 13.4. The third-order valence-electron chi connectivity index (χ3n) is 3.47. The molecular weight excluding hydrogens is 344 g/mol. The van der Waals surface area contributed by atoms with Crippen LogP contribution in [0.4, 0.5) is 5.69 Å². The second-order valence-corrected chi connectivity index (χ2v) is 5.91. The molecule has 1 aromatic heterocycles. The second-order valence-electron chi connectivity index (χ2n) is 4.99. The van der Waals surface area contributed by atoms with Gasteiger partial charge in [-0.2, -0.15) is 0 Å². The van der Waals surface area contributed by atoms with E-state index in [4.69, 9.17) is 0 Å². The van der Waals surface area contributed by atoms with E-state index >= 15 is 0 Å². The Hall–Kier alpha value is -2.40. The first-order valence-corrected chi connectivity index (χ1v) is 7.53. The highest BCUT2D eigenvalue weighted by Gasteiger charge is 2.13. The Kier molecular flexibility index (Phi) is 3.81. The Labute approximate surface area is 135 Å². The number of carbonyl (C=O) groups is 1. The van der Waals surface area contributed by atoms with Gasteiger partial charge >= 0.3 is 0 Å². The summed E-state index contributed by atoms with van der Waals surface area (Å²) in [5, 5.41) is 3.28. The molecule has 2 aromatic carbocycles. The molecule has 1 amide bonds. The zero-order chi connectivity index (χ0) is 15.7. The Morgan fingerprint density at radius 2 is 1.95 bits per heavy atom. The molecule has 3 aromatic rings. The fourth-order valence-corrected chi connectivity index (χ4v) is 2.77. The predicted molar refractivity (Wildman–Crippen MR) is 91.4 cm³/mol. The number of pyridine rings is 1. The summed E-state index contributed by atoms with van der Waals surface area (Å²) >= 11 is 3.38. The number of fused-ring (bicyclic) bond motifs is 1. The quantitative estimate of drug-likeness (QED) is 0.732. The number of anilines is 1. The molecule has 0 bridgehead atoms. The zero-order valence-electron chi connectivity index (χ0n) is 11.8. The van der Waals surface area contributed by atoms with Crippen LogP contribution in [0.1, 0.15) is 15.9 Å². The lowest BCUT2D eigenvalue weighted by Crippen LogP contribution is -2.22. The maximum absolute atomic E-state index is 12.4. The third kappa shape index (κ3) is 2.67. The number of hydrogen-bond donors (Lipinski definition) is 2. The standard InChI is InChI=1S/C17H13BrN2O2/c1-10-8-11(18)6-7-14(10)20-17(22)13-9-19-15-5-3-2-4-12(15)16(13)21/h2-9H,1H3,(H,19,21)(H,20,22). The smallest absolute Gasteiger partial charge is 0.261 e. The van der Waals surface area contributed by atoms with Crippen molar-refractivity contribution in [1.29, 1.82) is 0 Å². The predicted octanol–water partition coefficient (Wildman–Crippen LogP) is 3.85. The SMILES string of the molecule is Cc1cc(Br)ccc1NC(=O)c1c[nH]c2ccccc2c1=O. The van der Waals surface area contributed by atoms with Crippen LogP contribution in [0.3, 0.4) is 0 Å². The number of carbonyl (C=O) groups excluding carboxylic acids is 1. The summed E-state index contributed by atoms with van der Waals surface area (Å²) in [6.07, 6.45) is 1.45. The summed E-state index contributed by atoms with van der Waals surface area (Å²) in [4.78, 5) is 27.8. The number of H-pyrrole nitrogens is 1. The van der Waals surface area contributed by atoms with Crippen LogP contribution in [0.25, 0.3) is 10.9 Å². The van der Waals surface area contributed by atoms with E-state index in [2.05, 4.69) is 26.2 Å². The van der Waals surface area contributed by atoms with Gasteiger partial charge in [-0.15, -0.1) is 0 Å². The minimum Gasteiger partial charge on any atom is -0.360 e. The topological polar surface area (TPSA) is 62.0 Å². The van der Waals surface area contributed by atoms with Gasteiger partial charge in [-0.1, -0.05) is 28.1 Å². The second kappa shape index (κ2) is 5.77. The largest absolute Gasteiger partial charge is 0.360 e.